The summed E-state index contributed by atoms with van der Waals surface area (Å²) in [5.41, 5.74) is -1.74. The van der Waals surface area contributed by atoms with Crippen LogP contribution < -0.4 is 10.6 Å². The molecule has 3 aromatic heterocycles. The van der Waals surface area contributed by atoms with Crippen LogP contribution in [0.3, 0.4) is 0 Å². The standard InChI is InChI=1S/C33H34F2N6O2/c1-8-26(42)39-14-15-40(21(7)17-39)31-23-16-25(35)29(27-22(18(2)3)10-9-11-24(27)34)37-32(23)41(33(43)38-31)30-20(6)12-13-36-28(30)19(4)5/h8-13,16,19,21H,1-2,14-15,17H2,3-7H3/t21-/m0/s1/i2D2,3D3. The van der Waals surface area contributed by atoms with Gasteiger partial charge in [0.2, 0.25) is 5.91 Å². The van der Waals surface area contributed by atoms with Gasteiger partial charge in [-0.2, -0.15) is 4.98 Å². The lowest BCUT2D eigenvalue weighted by molar-refractivity contribution is -0.126. The molecule has 10 heteroatoms. The van der Waals surface area contributed by atoms with Crippen LogP contribution in [-0.4, -0.2) is 56.0 Å². The van der Waals surface area contributed by atoms with Crippen molar-refractivity contribution in [2.45, 2.75) is 46.5 Å². The third kappa shape index (κ3) is 5.22. The van der Waals surface area contributed by atoms with Crippen molar-refractivity contribution in [2.24, 2.45) is 0 Å². The van der Waals surface area contributed by atoms with Crippen molar-refractivity contribution in [3.63, 3.8) is 0 Å². The van der Waals surface area contributed by atoms with E-state index in [0.717, 1.165) is 12.1 Å². The van der Waals surface area contributed by atoms with Gasteiger partial charge in [0.15, 0.2) is 11.5 Å². The van der Waals surface area contributed by atoms with Crippen molar-refractivity contribution in [3.05, 3.63) is 94.7 Å². The predicted octanol–water partition coefficient (Wildman–Crippen LogP) is 5.81. The lowest BCUT2D eigenvalue weighted by Crippen LogP contribution is -2.54. The molecule has 222 valence electrons. The first kappa shape index (κ1) is 23.8. The molecule has 0 unspecified atom stereocenters. The van der Waals surface area contributed by atoms with Gasteiger partial charge in [0.25, 0.3) is 0 Å². The molecule has 0 saturated carbocycles. The molecule has 43 heavy (non-hydrogen) atoms. The largest absolute Gasteiger partial charge is 0.355 e. The zero-order valence-corrected chi connectivity index (χ0v) is 24.3. The van der Waals surface area contributed by atoms with Crippen LogP contribution >= 0.6 is 0 Å². The summed E-state index contributed by atoms with van der Waals surface area (Å²) in [5, 5.41) is 0.107. The van der Waals surface area contributed by atoms with E-state index in [1.807, 2.05) is 20.8 Å². The van der Waals surface area contributed by atoms with Crippen LogP contribution in [0.15, 0.2) is 60.5 Å². The molecular weight excluding hydrogens is 550 g/mol. The number of benzene rings is 1. The van der Waals surface area contributed by atoms with Crippen LogP contribution in [0.25, 0.3) is 33.6 Å². The van der Waals surface area contributed by atoms with Crippen molar-refractivity contribution >= 4 is 28.3 Å². The van der Waals surface area contributed by atoms with Gasteiger partial charge in [-0.1, -0.05) is 44.7 Å². The molecule has 1 saturated heterocycles. The van der Waals surface area contributed by atoms with Gasteiger partial charge in [-0.3, -0.25) is 9.78 Å². The Bertz CT molecular complexity index is 2040. The summed E-state index contributed by atoms with van der Waals surface area (Å²) in [6.07, 6.45) is 2.82. The summed E-state index contributed by atoms with van der Waals surface area (Å²) < 4.78 is 72.9. The van der Waals surface area contributed by atoms with Gasteiger partial charge in [0, 0.05) is 41.5 Å². The highest BCUT2D eigenvalue weighted by Crippen LogP contribution is 2.36. The molecule has 1 atom stereocenters. The SMILES string of the molecule is [2H]C([2H])=C(c1cccc(F)c1-c1nc2c(cc1F)c(N1CCN(C(=O)C=C)C[C@@H]1C)nc(=O)n2-c1c(C)ccnc1C(C)C)C([2H])([2H])[2H]. The fraction of sp³-hybridized carbons (Fsp3) is 0.303. The number of anilines is 1. The smallest absolute Gasteiger partial charge is 0.350 e. The van der Waals surface area contributed by atoms with Gasteiger partial charge in [-0.05, 0) is 62.0 Å². The Morgan fingerprint density at radius 3 is 2.67 bits per heavy atom. The third-order valence-corrected chi connectivity index (χ3v) is 7.63. The number of fused-ring (bicyclic) bond motifs is 1. The number of carbonyl (C=O) groups is 1. The molecule has 1 aliphatic heterocycles. The summed E-state index contributed by atoms with van der Waals surface area (Å²) in [7, 11) is 0. The van der Waals surface area contributed by atoms with Crippen molar-refractivity contribution in [1.82, 2.24) is 24.4 Å². The molecule has 0 bridgehead atoms. The third-order valence-electron chi connectivity index (χ3n) is 7.63. The molecular formula is C33H34F2N6O2. The molecule has 1 amide bonds. The fourth-order valence-electron chi connectivity index (χ4n) is 5.56. The van der Waals surface area contributed by atoms with Gasteiger partial charge in [-0.25, -0.2) is 23.1 Å². The molecule has 0 spiro atoms. The minimum atomic E-state index is -3.02. The molecule has 0 radical (unpaired) electrons. The second-order valence-electron chi connectivity index (χ2n) is 10.8. The van der Waals surface area contributed by atoms with E-state index in [1.54, 1.807) is 29.0 Å². The van der Waals surface area contributed by atoms with Gasteiger partial charge in [0.1, 0.15) is 17.3 Å². The lowest BCUT2D eigenvalue weighted by atomic mass is 9.98. The van der Waals surface area contributed by atoms with Crippen molar-refractivity contribution in [3.8, 4) is 16.9 Å². The van der Waals surface area contributed by atoms with Crippen molar-refractivity contribution < 1.29 is 20.4 Å². The Hall–Kier alpha value is -4.73. The van der Waals surface area contributed by atoms with E-state index in [9.17, 15) is 9.59 Å². The number of rotatable bonds is 6. The van der Waals surface area contributed by atoms with Gasteiger partial charge >= 0.3 is 5.69 Å². The van der Waals surface area contributed by atoms with E-state index >= 15 is 8.78 Å². The quantitative estimate of drug-likeness (QED) is 0.264. The average Bonchev–Trinajstić information content (AvgIpc) is 3.00. The monoisotopic (exact) mass is 589 g/mol. The van der Waals surface area contributed by atoms with E-state index < -0.39 is 53.1 Å². The Kier molecular flexibility index (Phi) is 6.37. The zero-order valence-electron chi connectivity index (χ0n) is 29.3. The normalized spacial score (nSPS) is 17.2. The number of pyridine rings is 2. The van der Waals surface area contributed by atoms with E-state index in [1.165, 1.54) is 22.8 Å². The molecule has 4 heterocycles. The summed E-state index contributed by atoms with van der Waals surface area (Å²) in [6.45, 7) is 7.61. The predicted molar refractivity (Wildman–Crippen MR) is 165 cm³/mol. The number of halogens is 2. The van der Waals surface area contributed by atoms with Gasteiger partial charge < -0.3 is 9.80 Å². The molecule has 5 rings (SSSR count). The minimum Gasteiger partial charge on any atom is -0.350 e. The Morgan fingerprint density at radius 1 is 1.21 bits per heavy atom. The first-order chi connectivity index (χ1) is 22.6. The van der Waals surface area contributed by atoms with Crippen LogP contribution in [0.1, 0.15) is 57.2 Å². The number of carbonyl (C=O) groups excluding carboxylic acids is 1. The molecule has 1 fully saturated rings. The molecule has 0 N–H and O–H groups in total. The highest BCUT2D eigenvalue weighted by atomic mass is 19.1. The highest BCUT2D eigenvalue weighted by molar-refractivity contribution is 5.92. The Labute approximate surface area is 256 Å². The minimum absolute atomic E-state index is 0.0956. The van der Waals surface area contributed by atoms with Crippen LogP contribution in [0.5, 0.6) is 0 Å². The van der Waals surface area contributed by atoms with Crippen LogP contribution in [0, 0.1) is 18.6 Å². The number of hydrogen-bond acceptors (Lipinski definition) is 6. The molecule has 4 aromatic rings. The number of hydrogen-bond donors (Lipinski definition) is 0. The lowest BCUT2D eigenvalue weighted by Gasteiger charge is -2.40. The fourth-order valence-corrected chi connectivity index (χ4v) is 5.56. The van der Waals surface area contributed by atoms with Crippen molar-refractivity contribution in [2.75, 3.05) is 24.5 Å². The summed E-state index contributed by atoms with van der Waals surface area (Å²) in [4.78, 5) is 43.3. The van der Waals surface area contributed by atoms with Crippen LogP contribution in [0.4, 0.5) is 14.6 Å². The Balaban J connectivity index is 1.89. The summed E-state index contributed by atoms with van der Waals surface area (Å²) in [5.74, 6) is -2.42. The number of aromatic nitrogens is 4. The van der Waals surface area contributed by atoms with E-state index in [2.05, 4.69) is 21.5 Å². The maximum atomic E-state index is 16.4. The van der Waals surface area contributed by atoms with Crippen LogP contribution in [0.2, 0.25) is 0 Å². The van der Waals surface area contributed by atoms with E-state index in [-0.39, 0.29) is 54.4 Å². The molecule has 1 aromatic carbocycles. The summed E-state index contributed by atoms with van der Waals surface area (Å²) in [6, 6.07) is 5.79. The number of allylic oxidation sites excluding steroid dienone is 1. The topological polar surface area (TPSA) is 84.2 Å². The Morgan fingerprint density at radius 2 is 2.00 bits per heavy atom. The second-order valence-corrected chi connectivity index (χ2v) is 10.8. The van der Waals surface area contributed by atoms with Gasteiger partial charge in [0.05, 0.1) is 19.5 Å². The molecule has 1 aliphatic rings. The first-order valence-electron chi connectivity index (χ1n) is 16.3. The first-order valence-corrected chi connectivity index (χ1v) is 13.8. The number of piperazine rings is 1. The maximum Gasteiger partial charge on any atom is 0.355 e. The number of nitrogens with zero attached hydrogens (tertiary/aromatic N) is 6. The van der Waals surface area contributed by atoms with Crippen molar-refractivity contribution in [1.29, 1.82) is 0 Å². The number of aryl methyl sites for hydroxylation is 1. The average molecular weight is 590 g/mol. The maximum absolute atomic E-state index is 16.4. The van der Waals surface area contributed by atoms with E-state index in [0.29, 0.717) is 16.9 Å². The molecule has 8 nitrogen and oxygen atoms in total. The number of amides is 1. The summed E-state index contributed by atoms with van der Waals surface area (Å²) >= 11 is 0. The second kappa shape index (κ2) is 11.5. The van der Waals surface area contributed by atoms with Crippen LogP contribution in [-0.2, 0) is 4.79 Å². The zero-order chi connectivity index (χ0) is 35.2. The highest BCUT2D eigenvalue weighted by Gasteiger charge is 2.31. The molecule has 0 aliphatic carbocycles. The van der Waals surface area contributed by atoms with E-state index in [4.69, 9.17) is 6.85 Å². The van der Waals surface area contributed by atoms with Gasteiger partial charge in [-0.15, -0.1) is 0 Å².